The molecule has 0 aromatic heterocycles. The molecule has 0 aliphatic carbocycles. The van der Waals surface area contributed by atoms with Gasteiger partial charge in [-0.1, -0.05) is 51.7 Å². The maximum absolute atomic E-state index is 12.0. The van der Waals surface area contributed by atoms with Crippen LogP contribution in [0.25, 0.3) is 0 Å². The summed E-state index contributed by atoms with van der Waals surface area (Å²) >= 11 is 0. The van der Waals surface area contributed by atoms with Crippen molar-refractivity contribution in [3.63, 3.8) is 0 Å². The second-order valence-corrected chi connectivity index (χ2v) is 4.72. The van der Waals surface area contributed by atoms with E-state index in [1.807, 2.05) is 12.4 Å². The molecule has 1 heterocycles. The normalized spacial score (nSPS) is 16.7. The number of nitrogens with zero attached hydrogens (tertiary/aromatic N) is 2. The van der Waals surface area contributed by atoms with Crippen molar-refractivity contribution < 1.29 is 4.79 Å². The molecule has 2 amide bonds. The number of allylic oxidation sites excluding steroid dienone is 2. The topological polar surface area (TPSA) is 23.6 Å². The highest BCUT2D eigenvalue weighted by atomic mass is 16.2. The van der Waals surface area contributed by atoms with Gasteiger partial charge in [-0.3, -0.25) is 9.80 Å². The van der Waals surface area contributed by atoms with Crippen LogP contribution in [0.1, 0.15) is 52.4 Å². The highest BCUT2D eigenvalue weighted by Crippen LogP contribution is 2.11. The van der Waals surface area contributed by atoms with Crippen molar-refractivity contribution in [2.24, 2.45) is 0 Å². The number of rotatable bonds is 8. The van der Waals surface area contributed by atoms with Crippen LogP contribution in [0.2, 0.25) is 0 Å². The Balaban J connectivity index is 2.32. The van der Waals surface area contributed by atoms with Crippen molar-refractivity contribution in [1.82, 2.24) is 9.80 Å². The van der Waals surface area contributed by atoms with E-state index < -0.39 is 0 Å². The van der Waals surface area contributed by atoms with Crippen LogP contribution in [0.3, 0.4) is 0 Å². The molecular formula is C15H26N2O. The van der Waals surface area contributed by atoms with Crippen LogP contribution in [0.5, 0.6) is 0 Å². The van der Waals surface area contributed by atoms with Gasteiger partial charge in [-0.2, -0.15) is 0 Å². The largest absolute Gasteiger partial charge is 0.328 e. The van der Waals surface area contributed by atoms with Gasteiger partial charge in [-0.05, 0) is 12.8 Å². The van der Waals surface area contributed by atoms with Crippen molar-refractivity contribution in [2.75, 3.05) is 13.1 Å². The van der Waals surface area contributed by atoms with E-state index in [2.05, 4.69) is 26.0 Å². The van der Waals surface area contributed by atoms with Gasteiger partial charge < -0.3 is 0 Å². The zero-order chi connectivity index (χ0) is 13.2. The summed E-state index contributed by atoms with van der Waals surface area (Å²) < 4.78 is 0. The fourth-order valence-corrected chi connectivity index (χ4v) is 1.90. The molecule has 0 unspecified atom stereocenters. The van der Waals surface area contributed by atoms with Gasteiger partial charge in [0, 0.05) is 25.5 Å². The maximum atomic E-state index is 12.0. The molecule has 18 heavy (non-hydrogen) atoms. The highest BCUT2D eigenvalue weighted by Gasteiger charge is 2.24. The predicted octanol–water partition coefficient (Wildman–Crippen LogP) is 4.13. The van der Waals surface area contributed by atoms with Gasteiger partial charge in [-0.15, -0.1) is 0 Å². The molecule has 102 valence electrons. The summed E-state index contributed by atoms with van der Waals surface area (Å²) in [7, 11) is 0. The van der Waals surface area contributed by atoms with Crippen molar-refractivity contribution in [3.05, 3.63) is 24.6 Å². The molecule has 0 atom stereocenters. The lowest BCUT2D eigenvalue weighted by atomic mass is 10.2. The van der Waals surface area contributed by atoms with Crippen LogP contribution in [0.15, 0.2) is 24.6 Å². The third-order valence-electron chi connectivity index (χ3n) is 3.09. The average Bonchev–Trinajstić information content (AvgIpc) is 2.72. The van der Waals surface area contributed by atoms with Gasteiger partial charge >= 0.3 is 6.03 Å². The summed E-state index contributed by atoms with van der Waals surface area (Å²) in [6.45, 7) is 5.97. The Labute approximate surface area is 111 Å². The van der Waals surface area contributed by atoms with Gasteiger partial charge in [0.05, 0.1) is 0 Å². The first-order valence-electron chi connectivity index (χ1n) is 7.20. The summed E-state index contributed by atoms with van der Waals surface area (Å²) in [6.07, 6.45) is 15.0. The molecule has 0 N–H and O–H groups in total. The second kappa shape index (κ2) is 8.78. The lowest BCUT2D eigenvalue weighted by Crippen LogP contribution is -2.24. The van der Waals surface area contributed by atoms with Gasteiger partial charge in [0.15, 0.2) is 0 Å². The molecule has 1 rings (SSSR count). The average molecular weight is 250 g/mol. The van der Waals surface area contributed by atoms with Crippen LogP contribution in [-0.4, -0.2) is 28.9 Å². The Hall–Kier alpha value is -1.25. The molecule has 0 aromatic carbocycles. The first-order chi connectivity index (χ1) is 8.79. The van der Waals surface area contributed by atoms with E-state index in [4.69, 9.17) is 0 Å². The molecule has 0 spiro atoms. The fourth-order valence-electron chi connectivity index (χ4n) is 1.90. The minimum Gasteiger partial charge on any atom is -0.299 e. The van der Waals surface area contributed by atoms with Crippen LogP contribution in [0.4, 0.5) is 4.79 Å². The molecule has 1 aliphatic heterocycles. The molecule has 0 radical (unpaired) electrons. The predicted molar refractivity (Wildman–Crippen MR) is 76.1 cm³/mol. The van der Waals surface area contributed by atoms with E-state index in [-0.39, 0.29) is 6.03 Å². The van der Waals surface area contributed by atoms with Crippen LogP contribution in [0, 0.1) is 0 Å². The van der Waals surface area contributed by atoms with E-state index in [1.165, 1.54) is 25.7 Å². The van der Waals surface area contributed by atoms with E-state index in [0.29, 0.717) is 0 Å². The van der Waals surface area contributed by atoms with E-state index >= 15 is 0 Å². The van der Waals surface area contributed by atoms with Gasteiger partial charge in [0.1, 0.15) is 0 Å². The quantitative estimate of drug-likeness (QED) is 0.594. The molecule has 1 fully saturated rings. The van der Waals surface area contributed by atoms with Crippen molar-refractivity contribution in [1.29, 1.82) is 0 Å². The van der Waals surface area contributed by atoms with E-state index in [9.17, 15) is 4.79 Å². The Bertz CT molecular complexity index is 269. The molecule has 3 heteroatoms. The Morgan fingerprint density at radius 3 is 1.78 bits per heavy atom. The Morgan fingerprint density at radius 1 is 0.944 bits per heavy atom. The summed E-state index contributed by atoms with van der Waals surface area (Å²) in [4.78, 5) is 15.6. The fraction of sp³-hybridized carbons (Fsp3) is 0.667. The number of hydrogen-bond acceptors (Lipinski definition) is 1. The first kappa shape index (κ1) is 14.8. The van der Waals surface area contributed by atoms with Crippen molar-refractivity contribution in [3.8, 4) is 0 Å². The third kappa shape index (κ3) is 4.94. The van der Waals surface area contributed by atoms with Crippen LogP contribution < -0.4 is 0 Å². The van der Waals surface area contributed by atoms with Crippen molar-refractivity contribution in [2.45, 2.75) is 52.4 Å². The van der Waals surface area contributed by atoms with Crippen LogP contribution in [-0.2, 0) is 0 Å². The molecule has 0 bridgehead atoms. The van der Waals surface area contributed by atoms with Gasteiger partial charge in [-0.25, -0.2) is 4.79 Å². The van der Waals surface area contributed by atoms with Gasteiger partial charge in [0.2, 0.25) is 0 Å². The SMILES string of the molecule is CCCC/C=C/N1CCN(/C=C/CCCC)C1=O. The van der Waals surface area contributed by atoms with E-state index in [1.54, 1.807) is 9.80 Å². The number of carbonyl (C=O) groups is 1. The Morgan fingerprint density at radius 2 is 1.39 bits per heavy atom. The third-order valence-corrected chi connectivity index (χ3v) is 3.09. The van der Waals surface area contributed by atoms with Gasteiger partial charge in [0.25, 0.3) is 0 Å². The van der Waals surface area contributed by atoms with Crippen LogP contribution >= 0.6 is 0 Å². The molecule has 0 aromatic rings. The summed E-state index contributed by atoms with van der Waals surface area (Å²) in [5.74, 6) is 0. The first-order valence-corrected chi connectivity index (χ1v) is 7.20. The minimum absolute atomic E-state index is 0.107. The zero-order valence-corrected chi connectivity index (χ0v) is 11.8. The summed E-state index contributed by atoms with van der Waals surface area (Å²) in [5.41, 5.74) is 0. The van der Waals surface area contributed by atoms with E-state index in [0.717, 1.165) is 25.9 Å². The maximum Gasteiger partial charge on any atom is 0.328 e. The summed E-state index contributed by atoms with van der Waals surface area (Å²) in [6, 6.07) is 0.107. The number of amides is 2. The number of urea groups is 1. The lowest BCUT2D eigenvalue weighted by molar-refractivity contribution is 0.213. The monoisotopic (exact) mass is 250 g/mol. The summed E-state index contributed by atoms with van der Waals surface area (Å²) in [5, 5.41) is 0. The lowest BCUT2D eigenvalue weighted by Gasteiger charge is -2.11. The second-order valence-electron chi connectivity index (χ2n) is 4.72. The number of hydrogen-bond donors (Lipinski definition) is 0. The van der Waals surface area contributed by atoms with Crippen molar-refractivity contribution >= 4 is 6.03 Å². The minimum atomic E-state index is 0.107. The molecule has 3 nitrogen and oxygen atoms in total. The molecule has 1 saturated heterocycles. The zero-order valence-electron chi connectivity index (χ0n) is 11.8. The number of carbonyl (C=O) groups excluding carboxylic acids is 1. The molecule has 0 saturated carbocycles. The number of unbranched alkanes of at least 4 members (excludes halogenated alkanes) is 4. The highest BCUT2D eigenvalue weighted by molar-refractivity contribution is 5.78. The molecule has 1 aliphatic rings. The standard InChI is InChI=1S/C15H26N2O/c1-3-5-7-9-11-16-13-14-17(15(16)18)12-10-8-6-4-2/h9-12H,3-8,13-14H2,1-2H3/b11-9+,12-10+. The molecular weight excluding hydrogens is 224 g/mol. The smallest absolute Gasteiger partial charge is 0.299 e. The Kier molecular flexibility index (Phi) is 7.23.